The van der Waals surface area contributed by atoms with E-state index in [9.17, 15) is 15.0 Å². The van der Waals surface area contributed by atoms with E-state index in [0.29, 0.717) is 33.2 Å². The average molecular weight is 465 g/mol. The highest BCUT2D eigenvalue weighted by Crippen LogP contribution is 2.27. The first-order chi connectivity index (χ1) is 11.9. The molecule has 0 atom stereocenters. The molecule has 2 aromatic rings. The molecule has 0 unspecified atom stereocenters. The minimum absolute atomic E-state index is 0.00727. The van der Waals surface area contributed by atoms with Gasteiger partial charge >= 0.3 is 0 Å². The molecule has 2 aromatic carbocycles. The van der Waals surface area contributed by atoms with Crippen LogP contribution in [0.15, 0.2) is 56.5 Å². The lowest BCUT2D eigenvalue weighted by atomic mass is 9.95. The Morgan fingerprint density at radius 1 is 0.840 bits per heavy atom. The second kappa shape index (κ2) is 7.56. The predicted octanol–water partition coefficient (Wildman–Crippen LogP) is 4.26. The van der Waals surface area contributed by atoms with Crippen molar-refractivity contribution in [3.63, 3.8) is 0 Å². The maximum Gasteiger partial charge on any atom is 0.187 e. The summed E-state index contributed by atoms with van der Waals surface area (Å²) in [5.41, 5.74) is 2.99. The van der Waals surface area contributed by atoms with E-state index in [1.165, 1.54) is 0 Å². The zero-order valence-corrected chi connectivity index (χ0v) is 16.3. The SMILES string of the molecule is O=C1/C(=C/c2ccc(O)c(Br)c2)CNC/C1=C\c1ccc(O)c(Br)c1. The number of benzene rings is 2. The van der Waals surface area contributed by atoms with Crippen molar-refractivity contribution >= 4 is 49.8 Å². The molecule has 0 radical (unpaired) electrons. The summed E-state index contributed by atoms with van der Waals surface area (Å²) >= 11 is 6.56. The van der Waals surface area contributed by atoms with Crippen LogP contribution in [-0.2, 0) is 4.79 Å². The fourth-order valence-electron chi connectivity index (χ4n) is 2.56. The lowest BCUT2D eigenvalue weighted by molar-refractivity contribution is -0.112. The molecular formula is C19H15Br2NO3. The van der Waals surface area contributed by atoms with Crippen LogP contribution >= 0.6 is 31.9 Å². The van der Waals surface area contributed by atoms with Crippen LogP contribution in [0.1, 0.15) is 11.1 Å². The third-order valence-electron chi connectivity index (χ3n) is 3.84. The molecule has 3 N–H and O–H groups in total. The number of halogens is 2. The zero-order valence-electron chi connectivity index (χ0n) is 13.1. The van der Waals surface area contributed by atoms with E-state index >= 15 is 0 Å². The molecule has 0 amide bonds. The van der Waals surface area contributed by atoms with Crippen LogP contribution in [0.4, 0.5) is 0 Å². The number of nitrogens with one attached hydrogen (secondary N) is 1. The van der Waals surface area contributed by atoms with Crippen molar-refractivity contribution in [2.24, 2.45) is 0 Å². The summed E-state index contributed by atoms with van der Waals surface area (Å²) in [6.45, 7) is 0.988. The Morgan fingerprint density at radius 2 is 1.28 bits per heavy atom. The van der Waals surface area contributed by atoms with Crippen LogP contribution < -0.4 is 5.32 Å². The minimum atomic E-state index is -0.00727. The van der Waals surface area contributed by atoms with Crippen LogP contribution in [0.2, 0.25) is 0 Å². The van der Waals surface area contributed by atoms with Crippen LogP contribution in [0, 0.1) is 0 Å². The van der Waals surface area contributed by atoms with Crippen molar-refractivity contribution in [3.8, 4) is 11.5 Å². The van der Waals surface area contributed by atoms with E-state index in [0.717, 1.165) is 11.1 Å². The van der Waals surface area contributed by atoms with Gasteiger partial charge in [0.25, 0.3) is 0 Å². The third-order valence-corrected chi connectivity index (χ3v) is 5.11. The van der Waals surface area contributed by atoms with Crippen molar-refractivity contribution < 1.29 is 15.0 Å². The number of Topliss-reactive ketones (excluding diaryl/α,β-unsaturated/α-hetero) is 1. The third kappa shape index (κ3) is 4.21. The maximum atomic E-state index is 12.7. The van der Waals surface area contributed by atoms with E-state index in [1.807, 2.05) is 12.2 Å². The van der Waals surface area contributed by atoms with Gasteiger partial charge in [-0.3, -0.25) is 4.79 Å². The summed E-state index contributed by atoms with van der Waals surface area (Å²) in [5.74, 6) is 0.314. The molecule has 1 fully saturated rings. The molecule has 128 valence electrons. The predicted molar refractivity (Wildman–Crippen MR) is 105 cm³/mol. The highest BCUT2D eigenvalue weighted by molar-refractivity contribution is 9.10. The van der Waals surface area contributed by atoms with Gasteiger partial charge < -0.3 is 15.5 Å². The standard InChI is InChI=1S/C19H15Br2NO3/c20-15-7-11(1-3-17(15)23)5-13-9-22-10-14(19(13)25)6-12-2-4-18(24)16(21)8-12/h1-8,22-24H,9-10H2/b13-5+,14-6+. The minimum Gasteiger partial charge on any atom is -0.507 e. The molecular weight excluding hydrogens is 450 g/mol. The van der Waals surface area contributed by atoms with Crippen LogP contribution in [0.5, 0.6) is 11.5 Å². The quantitative estimate of drug-likeness (QED) is 0.580. The summed E-state index contributed by atoms with van der Waals surface area (Å²) in [6.07, 6.45) is 3.64. The van der Waals surface area contributed by atoms with E-state index in [1.54, 1.807) is 36.4 Å². The van der Waals surface area contributed by atoms with Crippen molar-refractivity contribution in [3.05, 3.63) is 67.6 Å². The number of rotatable bonds is 2. The van der Waals surface area contributed by atoms with Gasteiger partial charge in [-0.15, -0.1) is 0 Å². The summed E-state index contributed by atoms with van der Waals surface area (Å²) in [7, 11) is 0. The van der Waals surface area contributed by atoms with Crippen LogP contribution in [0.3, 0.4) is 0 Å². The smallest absolute Gasteiger partial charge is 0.187 e. The summed E-state index contributed by atoms with van der Waals surface area (Å²) in [6, 6.07) is 10.2. The first-order valence-electron chi connectivity index (χ1n) is 7.57. The lowest BCUT2D eigenvalue weighted by Crippen LogP contribution is -2.32. The molecule has 1 aliphatic heterocycles. The molecule has 0 spiro atoms. The number of hydrogen-bond donors (Lipinski definition) is 3. The van der Waals surface area contributed by atoms with E-state index in [4.69, 9.17) is 0 Å². The second-order valence-corrected chi connectivity index (χ2v) is 7.40. The summed E-state index contributed by atoms with van der Waals surface area (Å²) in [5, 5.41) is 22.4. The Balaban J connectivity index is 1.89. The number of piperidine rings is 1. The number of hydrogen-bond acceptors (Lipinski definition) is 4. The van der Waals surface area contributed by atoms with Gasteiger partial charge in [-0.1, -0.05) is 12.1 Å². The van der Waals surface area contributed by atoms with Crippen molar-refractivity contribution in [2.45, 2.75) is 0 Å². The summed E-state index contributed by atoms with van der Waals surface area (Å²) in [4.78, 5) is 12.7. The Labute approximate surface area is 162 Å². The average Bonchev–Trinajstić information content (AvgIpc) is 2.58. The van der Waals surface area contributed by atoms with Gasteiger partial charge in [-0.05, 0) is 79.4 Å². The van der Waals surface area contributed by atoms with Crippen LogP contribution in [0.25, 0.3) is 12.2 Å². The molecule has 4 nitrogen and oxygen atoms in total. The van der Waals surface area contributed by atoms with Gasteiger partial charge in [0.2, 0.25) is 0 Å². The Morgan fingerprint density at radius 3 is 1.68 bits per heavy atom. The van der Waals surface area contributed by atoms with Crippen LogP contribution in [-0.4, -0.2) is 29.1 Å². The molecule has 0 aromatic heterocycles. The topological polar surface area (TPSA) is 69.6 Å². The molecule has 3 rings (SSSR count). The zero-order chi connectivity index (χ0) is 18.0. The fourth-order valence-corrected chi connectivity index (χ4v) is 3.35. The van der Waals surface area contributed by atoms with E-state index < -0.39 is 0 Å². The molecule has 6 heteroatoms. The molecule has 0 aliphatic carbocycles. The molecule has 0 saturated carbocycles. The second-order valence-electron chi connectivity index (χ2n) is 5.69. The Kier molecular flexibility index (Phi) is 5.42. The van der Waals surface area contributed by atoms with Gasteiger partial charge in [-0.25, -0.2) is 0 Å². The van der Waals surface area contributed by atoms with Crippen molar-refractivity contribution in [1.29, 1.82) is 0 Å². The van der Waals surface area contributed by atoms with Gasteiger partial charge in [0, 0.05) is 24.2 Å². The van der Waals surface area contributed by atoms with E-state index in [2.05, 4.69) is 37.2 Å². The van der Waals surface area contributed by atoms with Crippen molar-refractivity contribution in [1.82, 2.24) is 5.32 Å². The first kappa shape index (κ1) is 17.9. The van der Waals surface area contributed by atoms with E-state index in [-0.39, 0.29) is 17.3 Å². The highest BCUT2D eigenvalue weighted by Gasteiger charge is 2.20. The molecule has 1 heterocycles. The largest absolute Gasteiger partial charge is 0.507 e. The first-order valence-corrected chi connectivity index (χ1v) is 9.16. The Hall–Kier alpha value is -1.89. The van der Waals surface area contributed by atoms with Gasteiger partial charge in [-0.2, -0.15) is 0 Å². The number of phenolic OH excluding ortho intramolecular Hbond substituents is 2. The molecule has 25 heavy (non-hydrogen) atoms. The highest BCUT2D eigenvalue weighted by atomic mass is 79.9. The Bertz CT molecular complexity index is 832. The number of carbonyl (C=O) groups is 1. The number of ketones is 1. The monoisotopic (exact) mass is 463 g/mol. The molecule has 1 saturated heterocycles. The maximum absolute atomic E-state index is 12.7. The fraction of sp³-hybridized carbons (Fsp3) is 0.105. The van der Waals surface area contributed by atoms with Crippen molar-refractivity contribution in [2.75, 3.05) is 13.1 Å². The lowest BCUT2D eigenvalue weighted by Gasteiger charge is -2.18. The number of aromatic hydroxyl groups is 2. The van der Waals surface area contributed by atoms with Gasteiger partial charge in [0.1, 0.15) is 11.5 Å². The van der Waals surface area contributed by atoms with Gasteiger partial charge in [0.05, 0.1) is 8.95 Å². The number of carbonyl (C=O) groups excluding carboxylic acids is 1. The molecule has 1 aliphatic rings. The number of phenols is 2. The van der Waals surface area contributed by atoms with Gasteiger partial charge in [0.15, 0.2) is 5.78 Å². The summed E-state index contributed by atoms with van der Waals surface area (Å²) < 4.78 is 1.17. The normalized spacial score (nSPS) is 18.1. The molecule has 0 bridgehead atoms.